The molecule has 0 aliphatic heterocycles. The Morgan fingerprint density at radius 1 is 1.41 bits per heavy atom. The first-order valence-corrected chi connectivity index (χ1v) is 6.44. The van der Waals surface area contributed by atoms with Crippen LogP contribution in [-0.4, -0.2) is 23.6 Å². The molecule has 0 saturated heterocycles. The Labute approximate surface area is 102 Å². The maximum Gasteiger partial charge on any atom is 0.252 e. The van der Waals surface area contributed by atoms with E-state index in [-0.39, 0.29) is 5.56 Å². The molecular weight excluding hydrogens is 214 g/mol. The fraction of sp³-hybridized carbons (Fsp3) is 0.692. The van der Waals surface area contributed by atoms with Crippen LogP contribution in [0.1, 0.15) is 37.9 Å². The van der Waals surface area contributed by atoms with Crippen molar-refractivity contribution in [3.63, 3.8) is 0 Å². The summed E-state index contributed by atoms with van der Waals surface area (Å²) < 4.78 is 0. The Morgan fingerprint density at radius 3 is 2.76 bits per heavy atom. The van der Waals surface area contributed by atoms with Gasteiger partial charge in [0.1, 0.15) is 11.6 Å². The summed E-state index contributed by atoms with van der Waals surface area (Å²) in [5, 5.41) is 0. The number of nitrogens with one attached hydrogen (secondary N) is 1. The minimum atomic E-state index is -0.0667. The predicted octanol–water partition coefficient (Wildman–Crippen LogP) is 2.09. The number of nitrogens with zero attached hydrogens (tertiary/aromatic N) is 2. The minimum Gasteiger partial charge on any atom is -0.359 e. The Bertz CT molecular complexity index is 421. The molecule has 1 aliphatic carbocycles. The van der Waals surface area contributed by atoms with Crippen LogP contribution in [0, 0.1) is 12.8 Å². The molecule has 4 nitrogen and oxygen atoms in total. The van der Waals surface area contributed by atoms with Crippen molar-refractivity contribution in [1.82, 2.24) is 9.97 Å². The van der Waals surface area contributed by atoms with Crippen molar-refractivity contribution >= 4 is 5.82 Å². The first-order valence-electron chi connectivity index (χ1n) is 6.44. The van der Waals surface area contributed by atoms with Gasteiger partial charge in [-0.05, 0) is 25.7 Å². The summed E-state index contributed by atoms with van der Waals surface area (Å²) in [6.07, 6.45) is 6.70. The number of anilines is 1. The number of hydrogen-bond acceptors (Lipinski definition) is 3. The molecule has 2 rings (SSSR count). The molecule has 1 N–H and O–H groups in total. The summed E-state index contributed by atoms with van der Waals surface area (Å²) in [6.45, 7) is 2.83. The molecule has 1 fully saturated rings. The second kappa shape index (κ2) is 5.34. The van der Waals surface area contributed by atoms with E-state index in [1.54, 1.807) is 6.07 Å². The molecule has 0 atom stereocenters. The molecule has 1 aliphatic rings. The lowest BCUT2D eigenvalue weighted by molar-refractivity contribution is 0.361. The highest BCUT2D eigenvalue weighted by Gasteiger charge is 2.16. The summed E-state index contributed by atoms with van der Waals surface area (Å²) in [4.78, 5) is 20.5. The smallest absolute Gasteiger partial charge is 0.252 e. The van der Waals surface area contributed by atoms with Crippen molar-refractivity contribution in [3.8, 4) is 0 Å². The molecule has 1 aromatic rings. The molecule has 0 spiro atoms. The second-order valence-electron chi connectivity index (χ2n) is 5.07. The summed E-state index contributed by atoms with van der Waals surface area (Å²) in [6, 6.07) is 1.58. The van der Waals surface area contributed by atoms with E-state index in [1.165, 1.54) is 32.1 Å². The van der Waals surface area contributed by atoms with E-state index in [9.17, 15) is 4.79 Å². The third kappa shape index (κ3) is 3.32. The average molecular weight is 235 g/mol. The number of aromatic nitrogens is 2. The van der Waals surface area contributed by atoms with Crippen LogP contribution in [0.2, 0.25) is 0 Å². The van der Waals surface area contributed by atoms with Gasteiger partial charge >= 0.3 is 0 Å². The molecule has 1 heterocycles. The summed E-state index contributed by atoms with van der Waals surface area (Å²) in [7, 11) is 2.02. The molecular formula is C13H21N3O. The quantitative estimate of drug-likeness (QED) is 0.872. The lowest BCUT2D eigenvalue weighted by atomic mass is 9.89. The third-order valence-corrected chi connectivity index (χ3v) is 3.49. The third-order valence-electron chi connectivity index (χ3n) is 3.49. The molecule has 94 valence electrons. The standard InChI is InChI=1S/C13H21N3O/c1-10-14-12(8-13(17)15-10)16(2)9-11-6-4-3-5-7-11/h8,11H,3-7,9H2,1-2H3,(H,14,15,17). The Hall–Kier alpha value is -1.32. The van der Waals surface area contributed by atoms with Crippen LogP contribution in [-0.2, 0) is 0 Å². The van der Waals surface area contributed by atoms with Crippen LogP contribution >= 0.6 is 0 Å². The molecule has 0 aromatic carbocycles. The van der Waals surface area contributed by atoms with Crippen LogP contribution in [0.5, 0.6) is 0 Å². The topological polar surface area (TPSA) is 49.0 Å². The van der Waals surface area contributed by atoms with E-state index < -0.39 is 0 Å². The largest absolute Gasteiger partial charge is 0.359 e. The Kier molecular flexibility index (Phi) is 3.82. The van der Waals surface area contributed by atoms with Gasteiger partial charge in [-0.25, -0.2) is 4.98 Å². The van der Waals surface area contributed by atoms with Gasteiger partial charge in [-0.3, -0.25) is 4.79 Å². The molecule has 1 aromatic heterocycles. The van der Waals surface area contributed by atoms with E-state index in [0.29, 0.717) is 5.82 Å². The van der Waals surface area contributed by atoms with Crippen molar-refractivity contribution in [3.05, 3.63) is 22.2 Å². The van der Waals surface area contributed by atoms with E-state index in [1.807, 2.05) is 14.0 Å². The second-order valence-corrected chi connectivity index (χ2v) is 5.07. The van der Waals surface area contributed by atoms with Crippen molar-refractivity contribution in [2.24, 2.45) is 5.92 Å². The average Bonchev–Trinajstić information content (AvgIpc) is 2.29. The van der Waals surface area contributed by atoms with Crippen LogP contribution in [0.15, 0.2) is 10.9 Å². The molecule has 0 bridgehead atoms. The normalized spacial score (nSPS) is 17.1. The SMILES string of the molecule is Cc1nc(N(C)CC2CCCCC2)cc(=O)[nH]1. The van der Waals surface area contributed by atoms with Gasteiger partial charge < -0.3 is 9.88 Å². The highest BCUT2D eigenvalue weighted by Crippen LogP contribution is 2.25. The maximum absolute atomic E-state index is 11.4. The van der Waals surface area contributed by atoms with Crippen LogP contribution in [0.4, 0.5) is 5.82 Å². The summed E-state index contributed by atoms with van der Waals surface area (Å²) in [5.41, 5.74) is -0.0667. The van der Waals surface area contributed by atoms with Gasteiger partial charge in [-0.1, -0.05) is 19.3 Å². The van der Waals surface area contributed by atoms with Gasteiger partial charge in [0.2, 0.25) is 0 Å². The highest BCUT2D eigenvalue weighted by molar-refractivity contribution is 5.36. The lowest BCUT2D eigenvalue weighted by Crippen LogP contribution is -2.28. The van der Waals surface area contributed by atoms with Gasteiger partial charge in [-0.2, -0.15) is 0 Å². The van der Waals surface area contributed by atoms with Gasteiger partial charge in [0, 0.05) is 19.7 Å². The number of aromatic amines is 1. The van der Waals surface area contributed by atoms with Crippen LogP contribution < -0.4 is 10.5 Å². The molecule has 1 saturated carbocycles. The zero-order chi connectivity index (χ0) is 12.3. The maximum atomic E-state index is 11.4. The van der Waals surface area contributed by atoms with Crippen molar-refractivity contribution in [2.45, 2.75) is 39.0 Å². The molecule has 0 unspecified atom stereocenters. The number of aryl methyl sites for hydroxylation is 1. The van der Waals surface area contributed by atoms with Crippen molar-refractivity contribution in [2.75, 3.05) is 18.5 Å². The zero-order valence-electron chi connectivity index (χ0n) is 10.7. The predicted molar refractivity (Wildman–Crippen MR) is 69.4 cm³/mol. The number of H-pyrrole nitrogens is 1. The van der Waals surface area contributed by atoms with E-state index in [0.717, 1.165) is 18.3 Å². The van der Waals surface area contributed by atoms with Crippen LogP contribution in [0.3, 0.4) is 0 Å². The Balaban J connectivity index is 2.03. The Morgan fingerprint density at radius 2 is 2.12 bits per heavy atom. The molecule has 17 heavy (non-hydrogen) atoms. The first-order chi connectivity index (χ1) is 8.15. The van der Waals surface area contributed by atoms with Gasteiger partial charge in [0.05, 0.1) is 0 Å². The molecule has 0 radical (unpaired) electrons. The van der Waals surface area contributed by atoms with Gasteiger partial charge in [0.25, 0.3) is 5.56 Å². The number of rotatable bonds is 3. The van der Waals surface area contributed by atoms with E-state index in [2.05, 4.69) is 14.9 Å². The molecule has 0 amide bonds. The first kappa shape index (κ1) is 12.1. The van der Waals surface area contributed by atoms with Crippen LogP contribution in [0.25, 0.3) is 0 Å². The fourth-order valence-corrected chi connectivity index (χ4v) is 2.61. The van der Waals surface area contributed by atoms with E-state index in [4.69, 9.17) is 0 Å². The summed E-state index contributed by atoms with van der Waals surface area (Å²) in [5.74, 6) is 2.23. The number of hydrogen-bond donors (Lipinski definition) is 1. The monoisotopic (exact) mass is 235 g/mol. The fourth-order valence-electron chi connectivity index (χ4n) is 2.61. The van der Waals surface area contributed by atoms with E-state index >= 15 is 0 Å². The zero-order valence-corrected chi connectivity index (χ0v) is 10.7. The highest BCUT2D eigenvalue weighted by atomic mass is 16.1. The van der Waals surface area contributed by atoms with Gasteiger partial charge in [0.15, 0.2) is 0 Å². The summed E-state index contributed by atoms with van der Waals surface area (Å²) >= 11 is 0. The lowest BCUT2D eigenvalue weighted by Gasteiger charge is -2.27. The van der Waals surface area contributed by atoms with Crippen molar-refractivity contribution < 1.29 is 0 Å². The minimum absolute atomic E-state index is 0.0667. The van der Waals surface area contributed by atoms with Gasteiger partial charge in [-0.15, -0.1) is 0 Å². The van der Waals surface area contributed by atoms with Crippen molar-refractivity contribution in [1.29, 1.82) is 0 Å². The molecule has 4 heteroatoms.